The maximum absolute atomic E-state index is 12.2. The lowest BCUT2D eigenvalue weighted by molar-refractivity contribution is 0.0953. The summed E-state index contributed by atoms with van der Waals surface area (Å²) in [6.07, 6.45) is 2.58. The molecule has 0 saturated carbocycles. The number of amides is 1. The summed E-state index contributed by atoms with van der Waals surface area (Å²) in [5.41, 5.74) is 2.49. The highest BCUT2D eigenvalue weighted by Gasteiger charge is 2.16. The highest BCUT2D eigenvalue weighted by Crippen LogP contribution is 2.32. The fourth-order valence-electron chi connectivity index (χ4n) is 2.66. The number of carbonyl (C=O) groups is 1. The summed E-state index contributed by atoms with van der Waals surface area (Å²) < 4.78 is 12.4. The van der Waals surface area contributed by atoms with Gasteiger partial charge < -0.3 is 14.8 Å². The zero-order valence-corrected chi connectivity index (χ0v) is 13.5. The van der Waals surface area contributed by atoms with Crippen molar-refractivity contribution in [1.29, 1.82) is 0 Å². The van der Waals surface area contributed by atoms with Gasteiger partial charge >= 0.3 is 0 Å². The predicted molar refractivity (Wildman–Crippen MR) is 92.2 cm³/mol. The summed E-state index contributed by atoms with van der Waals surface area (Å²) in [5.74, 6) is 1.14. The van der Waals surface area contributed by atoms with Crippen LogP contribution in [0.4, 0.5) is 0 Å². The van der Waals surface area contributed by atoms with Gasteiger partial charge in [0.05, 0.1) is 11.4 Å². The summed E-state index contributed by atoms with van der Waals surface area (Å²) in [6, 6.07) is 17.0. The van der Waals surface area contributed by atoms with Crippen LogP contribution in [0.25, 0.3) is 5.69 Å². The van der Waals surface area contributed by atoms with Crippen LogP contribution in [0.2, 0.25) is 0 Å². The lowest BCUT2D eigenvalue weighted by atomic mass is 10.2. The summed E-state index contributed by atoms with van der Waals surface area (Å²) in [5, 5.41) is 7.43. The molecule has 0 bridgehead atoms. The predicted octanol–water partition coefficient (Wildman–Crippen LogP) is 2.57. The molecule has 6 nitrogen and oxygen atoms in total. The lowest BCUT2D eigenvalue weighted by Crippen LogP contribution is -2.25. The molecule has 0 spiro atoms. The standard InChI is InChI=1S/C19H17N3O3/c23-19(14-6-7-17-18(12-14)25-13-24-17)20-10-8-15-9-11-22(21-15)16-4-2-1-3-5-16/h1-7,9,11-12H,8,10,13H2,(H,20,23). The third-order valence-electron chi connectivity index (χ3n) is 3.97. The summed E-state index contributed by atoms with van der Waals surface area (Å²) in [4.78, 5) is 12.2. The van der Waals surface area contributed by atoms with Crippen LogP contribution in [0.5, 0.6) is 11.5 Å². The van der Waals surface area contributed by atoms with E-state index in [9.17, 15) is 4.79 Å². The Bertz CT molecular complexity index is 890. The Morgan fingerprint density at radius 3 is 2.80 bits per heavy atom. The van der Waals surface area contributed by atoms with Gasteiger partial charge in [-0.1, -0.05) is 18.2 Å². The van der Waals surface area contributed by atoms with E-state index in [1.54, 1.807) is 18.2 Å². The molecule has 1 aromatic heterocycles. The molecule has 126 valence electrons. The van der Waals surface area contributed by atoms with Crippen LogP contribution in [0, 0.1) is 0 Å². The van der Waals surface area contributed by atoms with Crippen molar-refractivity contribution in [3.05, 3.63) is 72.1 Å². The molecule has 6 heteroatoms. The number of nitrogens with one attached hydrogen (secondary N) is 1. The van der Waals surface area contributed by atoms with E-state index >= 15 is 0 Å². The molecule has 1 aliphatic heterocycles. The zero-order chi connectivity index (χ0) is 17.1. The summed E-state index contributed by atoms with van der Waals surface area (Å²) in [6.45, 7) is 0.712. The Hall–Kier alpha value is -3.28. The zero-order valence-electron chi connectivity index (χ0n) is 13.5. The number of para-hydroxylation sites is 1. The Morgan fingerprint density at radius 2 is 1.92 bits per heavy atom. The van der Waals surface area contributed by atoms with E-state index in [4.69, 9.17) is 9.47 Å². The van der Waals surface area contributed by atoms with Gasteiger partial charge in [-0.25, -0.2) is 4.68 Å². The number of rotatable bonds is 5. The van der Waals surface area contributed by atoms with Crippen LogP contribution in [0.1, 0.15) is 16.1 Å². The molecule has 0 radical (unpaired) electrons. The van der Waals surface area contributed by atoms with E-state index in [0.717, 1.165) is 11.4 Å². The number of aromatic nitrogens is 2. The average molecular weight is 335 g/mol. The number of fused-ring (bicyclic) bond motifs is 1. The third-order valence-corrected chi connectivity index (χ3v) is 3.97. The van der Waals surface area contributed by atoms with Crippen molar-refractivity contribution in [2.24, 2.45) is 0 Å². The van der Waals surface area contributed by atoms with E-state index in [2.05, 4.69) is 10.4 Å². The minimum atomic E-state index is -0.138. The molecule has 1 aliphatic rings. The first-order valence-electron chi connectivity index (χ1n) is 8.07. The Balaban J connectivity index is 1.33. The Morgan fingerprint density at radius 1 is 1.08 bits per heavy atom. The molecule has 1 N–H and O–H groups in total. The van der Waals surface area contributed by atoms with Crippen molar-refractivity contribution in [3.63, 3.8) is 0 Å². The van der Waals surface area contributed by atoms with Crippen LogP contribution in [0.3, 0.4) is 0 Å². The first kappa shape index (κ1) is 15.3. The van der Waals surface area contributed by atoms with Crippen molar-refractivity contribution < 1.29 is 14.3 Å². The lowest BCUT2D eigenvalue weighted by Gasteiger charge is -2.05. The molecule has 0 unspecified atom stereocenters. The minimum Gasteiger partial charge on any atom is -0.454 e. The van der Waals surface area contributed by atoms with Crippen LogP contribution < -0.4 is 14.8 Å². The fraction of sp³-hybridized carbons (Fsp3) is 0.158. The van der Waals surface area contributed by atoms with Gasteiger partial charge in [-0.3, -0.25) is 4.79 Å². The smallest absolute Gasteiger partial charge is 0.251 e. The molecule has 25 heavy (non-hydrogen) atoms. The highest BCUT2D eigenvalue weighted by molar-refractivity contribution is 5.94. The van der Waals surface area contributed by atoms with Crippen LogP contribution in [0.15, 0.2) is 60.8 Å². The molecule has 0 atom stereocenters. The topological polar surface area (TPSA) is 65.4 Å². The minimum absolute atomic E-state index is 0.138. The second-order valence-electron chi connectivity index (χ2n) is 5.66. The maximum atomic E-state index is 12.2. The second kappa shape index (κ2) is 6.68. The number of hydrogen-bond acceptors (Lipinski definition) is 4. The van der Waals surface area contributed by atoms with Crippen LogP contribution in [-0.4, -0.2) is 29.0 Å². The molecule has 0 aliphatic carbocycles. The SMILES string of the molecule is O=C(NCCc1ccn(-c2ccccc2)n1)c1ccc2c(c1)OCO2. The van der Waals surface area contributed by atoms with Crippen molar-refractivity contribution in [2.75, 3.05) is 13.3 Å². The van der Waals surface area contributed by atoms with Gasteiger partial charge in [0.1, 0.15) is 0 Å². The van der Waals surface area contributed by atoms with Gasteiger partial charge in [-0.05, 0) is 36.4 Å². The molecule has 0 saturated heterocycles. The second-order valence-corrected chi connectivity index (χ2v) is 5.66. The number of benzene rings is 2. The molecule has 4 rings (SSSR count). The Labute approximate surface area is 145 Å². The average Bonchev–Trinajstić information content (AvgIpc) is 3.31. The largest absolute Gasteiger partial charge is 0.454 e. The molecule has 3 aromatic rings. The van der Waals surface area contributed by atoms with Gasteiger partial charge in [0.2, 0.25) is 6.79 Å². The van der Waals surface area contributed by atoms with Crippen LogP contribution >= 0.6 is 0 Å². The van der Waals surface area contributed by atoms with E-state index < -0.39 is 0 Å². The van der Waals surface area contributed by atoms with Crippen LogP contribution in [-0.2, 0) is 6.42 Å². The summed E-state index contributed by atoms with van der Waals surface area (Å²) in [7, 11) is 0. The number of hydrogen-bond donors (Lipinski definition) is 1. The molecule has 2 aromatic carbocycles. The molecule has 2 heterocycles. The van der Waals surface area contributed by atoms with Gasteiger partial charge in [-0.2, -0.15) is 5.10 Å². The van der Waals surface area contributed by atoms with Gasteiger partial charge in [0, 0.05) is 24.7 Å². The van der Waals surface area contributed by atoms with Crippen molar-refractivity contribution in [1.82, 2.24) is 15.1 Å². The molecule has 0 fully saturated rings. The van der Waals surface area contributed by atoms with Gasteiger partial charge in [0.15, 0.2) is 11.5 Å². The molecular weight excluding hydrogens is 318 g/mol. The van der Waals surface area contributed by atoms with Crippen molar-refractivity contribution in [3.8, 4) is 17.2 Å². The van der Waals surface area contributed by atoms with Gasteiger partial charge in [0.25, 0.3) is 5.91 Å². The van der Waals surface area contributed by atoms with E-state index in [0.29, 0.717) is 30.0 Å². The summed E-state index contributed by atoms with van der Waals surface area (Å²) >= 11 is 0. The van der Waals surface area contributed by atoms with E-state index in [-0.39, 0.29) is 12.7 Å². The number of nitrogens with zero attached hydrogens (tertiary/aromatic N) is 2. The van der Waals surface area contributed by atoms with Crippen molar-refractivity contribution in [2.45, 2.75) is 6.42 Å². The Kier molecular flexibility index (Phi) is 4.08. The normalized spacial score (nSPS) is 12.2. The van der Waals surface area contributed by atoms with Crippen molar-refractivity contribution >= 4 is 5.91 Å². The first-order chi connectivity index (χ1) is 12.3. The molecular formula is C19H17N3O3. The van der Waals surface area contributed by atoms with Gasteiger partial charge in [-0.15, -0.1) is 0 Å². The fourth-order valence-corrected chi connectivity index (χ4v) is 2.66. The monoisotopic (exact) mass is 335 g/mol. The number of ether oxygens (including phenoxy) is 2. The van der Waals surface area contributed by atoms with E-state index in [1.807, 2.05) is 47.3 Å². The van der Waals surface area contributed by atoms with E-state index in [1.165, 1.54) is 0 Å². The maximum Gasteiger partial charge on any atom is 0.251 e. The number of carbonyl (C=O) groups excluding carboxylic acids is 1. The molecule has 1 amide bonds. The highest BCUT2D eigenvalue weighted by atomic mass is 16.7. The third kappa shape index (κ3) is 3.33. The first-order valence-corrected chi connectivity index (χ1v) is 8.07. The quantitative estimate of drug-likeness (QED) is 0.778.